The van der Waals surface area contributed by atoms with Crippen LogP contribution in [-0.4, -0.2) is 20.9 Å². The Labute approximate surface area is 169 Å². The Bertz CT molecular complexity index is 1390. The first-order valence-corrected chi connectivity index (χ1v) is 9.33. The summed E-state index contributed by atoms with van der Waals surface area (Å²) in [5.41, 5.74) is 2.54. The van der Waals surface area contributed by atoms with Crippen molar-refractivity contribution in [3.63, 3.8) is 0 Å². The molecule has 5 rings (SSSR count). The Balaban J connectivity index is 1.41. The third-order valence-corrected chi connectivity index (χ3v) is 5.00. The molecule has 0 fully saturated rings. The van der Waals surface area contributed by atoms with Gasteiger partial charge in [0.05, 0.1) is 11.7 Å². The standard InChI is InChI=1S/C23H16F2N4O/c24-17-3-1-2-14(9-17)22(25)15-4-5-18-16(8-15)10-19(28-18)23(30)29-21-11-13-6-7-26-20(13)12-27-21/h1-12,22,26,28H,(H,27,29,30). The summed E-state index contributed by atoms with van der Waals surface area (Å²) in [5.74, 6) is -0.401. The molecule has 1 unspecified atom stereocenters. The second-order valence-electron chi connectivity index (χ2n) is 7.04. The minimum absolute atomic E-state index is 0.245. The molecule has 3 aromatic heterocycles. The molecule has 0 spiro atoms. The van der Waals surface area contributed by atoms with Crippen molar-refractivity contribution < 1.29 is 13.6 Å². The molecule has 3 heterocycles. The SMILES string of the molecule is O=C(Nc1cc2cc[nH]c2cn1)c1cc2cc(C(F)c3cccc(F)c3)ccc2[nH]1. The number of carbonyl (C=O) groups is 1. The molecule has 0 aliphatic carbocycles. The van der Waals surface area contributed by atoms with Gasteiger partial charge in [-0.05, 0) is 53.6 Å². The van der Waals surface area contributed by atoms with E-state index < -0.39 is 12.0 Å². The molecule has 7 heteroatoms. The van der Waals surface area contributed by atoms with E-state index in [0.717, 1.165) is 10.9 Å². The van der Waals surface area contributed by atoms with Gasteiger partial charge >= 0.3 is 0 Å². The number of pyridine rings is 1. The smallest absolute Gasteiger partial charge is 0.273 e. The zero-order chi connectivity index (χ0) is 20.7. The first-order valence-electron chi connectivity index (χ1n) is 9.33. The number of aromatic nitrogens is 3. The number of nitrogens with zero attached hydrogens (tertiary/aromatic N) is 1. The van der Waals surface area contributed by atoms with Crippen molar-refractivity contribution in [2.45, 2.75) is 6.17 Å². The van der Waals surface area contributed by atoms with Crippen molar-refractivity contribution in [3.8, 4) is 0 Å². The van der Waals surface area contributed by atoms with Gasteiger partial charge in [0.2, 0.25) is 0 Å². The van der Waals surface area contributed by atoms with Crippen LogP contribution in [0, 0.1) is 5.82 Å². The number of aromatic amines is 2. The van der Waals surface area contributed by atoms with Gasteiger partial charge in [-0.2, -0.15) is 0 Å². The van der Waals surface area contributed by atoms with Crippen molar-refractivity contribution in [3.05, 3.63) is 95.7 Å². The lowest BCUT2D eigenvalue weighted by molar-refractivity contribution is 0.102. The van der Waals surface area contributed by atoms with Crippen molar-refractivity contribution >= 4 is 33.5 Å². The summed E-state index contributed by atoms with van der Waals surface area (Å²) in [7, 11) is 0. The van der Waals surface area contributed by atoms with E-state index in [4.69, 9.17) is 0 Å². The number of H-pyrrole nitrogens is 2. The average molecular weight is 402 g/mol. The van der Waals surface area contributed by atoms with Crippen LogP contribution in [0.5, 0.6) is 0 Å². The highest BCUT2D eigenvalue weighted by atomic mass is 19.1. The van der Waals surface area contributed by atoms with E-state index in [2.05, 4.69) is 20.3 Å². The minimum atomic E-state index is -1.46. The highest BCUT2D eigenvalue weighted by Crippen LogP contribution is 2.29. The molecule has 0 saturated heterocycles. The molecular formula is C23H16F2N4O. The number of hydrogen-bond donors (Lipinski definition) is 3. The topological polar surface area (TPSA) is 73.6 Å². The minimum Gasteiger partial charge on any atom is -0.360 e. The van der Waals surface area contributed by atoms with E-state index in [1.165, 1.54) is 18.2 Å². The fraction of sp³-hybridized carbons (Fsp3) is 0.0435. The van der Waals surface area contributed by atoms with E-state index in [1.807, 2.05) is 6.07 Å². The third-order valence-electron chi connectivity index (χ3n) is 5.00. The Hall–Kier alpha value is -4.00. The first kappa shape index (κ1) is 18.1. The van der Waals surface area contributed by atoms with Crippen LogP contribution in [0.4, 0.5) is 14.6 Å². The Morgan fingerprint density at radius 3 is 2.70 bits per heavy atom. The number of benzene rings is 2. The van der Waals surface area contributed by atoms with Crippen molar-refractivity contribution in [2.24, 2.45) is 0 Å². The molecule has 2 aromatic carbocycles. The lowest BCUT2D eigenvalue weighted by atomic mass is 10.0. The summed E-state index contributed by atoms with van der Waals surface area (Å²) < 4.78 is 28.3. The molecule has 0 radical (unpaired) electrons. The maximum atomic E-state index is 14.9. The molecule has 5 aromatic rings. The van der Waals surface area contributed by atoms with Crippen LogP contribution in [0.3, 0.4) is 0 Å². The number of fused-ring (bicyclic) bond motifs is 2. The predicted molar refractivity (Wildman–Crippen MR) is 112 cm³/mol. The van der Waals surface area contributed by atoms with Gasteiger partial charge < -0.3 is 15.3 Å². The molecule has 5 nitrogen and oxygen atoms in total. The zero-order valence-corrected chi connectivity index (χ0v) is 15.6. The highest BCUT2D eigenvalue weighted by Gasteiger charge is 2.16. The molecule has 148 valence electrons. The second-order valence-corrected chi connectivity index (χ2v) is 7.04. The van der Waals surface area contributed by atoms with Gasteiger partial charge in [-0.1, -0.05) is 18.2 Å². The van der Waals surface area contributed by atoms with E-state index in [0.29, 0.717) is 28.0 Å². The molecule has 30 heavy (non-hydrogen) atoms. The maximum Gasteiger partial charge on any atom is 0.273 e. The molecular weight excluding hydrogens is 386 g/mol. The molecule has 0 saturated carbocycles. The van der Waals surface area contributed by atoms with Gasteiger partial charge in [-0.3, -0.25) is 4.79 Å². The van der Waals surface area contributed by atoms with Crippen LogP contribution in [0.15, 0.2) is 73.1 Å². The second kappa shape index (κ2) is 7.11. The molecule has 0 bridgehead atoms. The van der Waals surface area contributed by atoms with E-state index >= 15 is 0 Å². The van der Waals surface area contributed by atoms with E-state index in [9.17, 15) is 13.6 Å². The number of hydrogen-bond acceptors (Lipinski definition) is 2. The molecule has 0 aliphatic heterocycles. The van der Waals surface area contributed by atoms with Gasteiger partial charge in [0.1, 0.15) is 17.3 Å². The van der Waals surface area contributed by atoms with Crippen molar-refractivity contribution in [1.82, 2.24) is 15.0 Å². The Morgan fingerprint density at radius 2 is 1.83 bits per heavy atom. The maximum absolute atomic E-state index is 14.9. The summed E-state index contributed by atoms with van der Waals surface area (Å²) in [6, 6.07) is 15.8. The predicted octanol–water partition coefficient (Wildman–Crippen LogP) is 5.49. The van der Waals surface area contributed by atoms with Gasteiger partial charge in [0, 0.05) is 22.5 Å². The van der Waals surface area contributed by atoms with E-state index in [1.54, 1.807) is 48.8 Å². The van der Waals surface area contributed by atoms with Crippen LogP contribution in [-0.2, 0) is 0 Å². The van der Waals surface area contributed by atoms with Gasteiger partial charge in [0.25, 0.3) is 5.91 Å². The zero-order valence-electron chi connectivity index (χ0n) is 15.6. The van der Waals surface area contributed by atoms with Gasteiger partial charge in [-0.15, -0.1) is 0 Å². The number of alkyl halides is 1. The summed E-state index contributed by atoms with van der Waals surface area (Å²) in [6.45, 7) is 0. The quantitative estimate of drug-likeness (QED) is 0.372. The number of amides is 1. The van der Waals surface area contributed by atoms with Gasteiger partial charge in [-0.25, -0.2) is 13.8 Å². The largest absolute Gasteiger partial charge is 0.360 e. The normalized spacial score (nSPS) is 12.3. The van der Waals surface area contributed by atoms with Crippen LogP contribution in [0.1, 0.15) is 27.8 Å². The molecule has 0 aliphatic rings. The Morgan fingerprint density at radius 1 is 0.967 bits per heavy atom. The van der Waals surface area contributed by atoms with Crippen LogP contribution in [0.25, 0.3) is 21.8 Å². The van der Waals surface area contributed by atoms with Crippen LogP contribution in [0.2, 0.25) is 0 Å². The fourth-order valence-corrected chi connectivity index (χ4v) is 3.49. The third kappa shape index (κ3) is 3.30. The highest BCUT2D eigenvalue weighted by molar-refractivity contribution is 6.06. The van der Waals surface area contributed by atoms with Crippen molar-refractivity contribution in [1.29, 1.82) is 0 Å². The molecule has 3 N–H and O–H groups in total. The lowest BCUT2D eigenvalue weighted by Crippen LogP contribution is -2.13. The van der Waals surface area contributed by atoms with Gasteiger partial charge in [0.15, 0.2) is 6.17 Å². The monoisotopic (exact) mass is 402 g/mol. The number of halogens is 2. The molecule has 1 atom stereocenters. The van der Waals surface area contributed by atoms with E-state index in [-0.39, 0.29) is 11.5 Å². The van der Waals surface area contributed by atoms with Crippen LogP contribution < -0.4 is 5.32 Å². The van der Waals surface area contributed by atoms with Crippen molar-refractivity contribution in [2.75, 3.05) is 5.32 Å². The number of carbonyl (C=O) groups excluding carboxylic acids is 1. The van der Waals surface area contributed by atoms with Crippen LogP contribution >= 0.6 is 0 Å². The average Bonchev–Trinajstić information content (AvgIpc) is 3.39. The number of rotatable bonds is 4. The first-order chi connectivity index (χ1) is 14.6. The Kier molecular flexibility index (Phi) is 4.28. The summed E-state index contributed by atoms with van der Waals surface area (Å²) in [4.78, 5) is 22.9. The molecule has 1 amide bonds. The number of anilines is 1. The lowest BCUT2D eigenvalue weighted by Gasteiger charge is -2.09. The summed E-state index contributed by atoms with van der Waals surface area (Å²) in [5, 5.41) is 4.38. The fourth-order valence-electron chi connectivity index (χ4n) is 3.49. The summed E-state index contributed by atoms with van der Waals surface area (Å²) >= 11 is 0. The number of nitrogens with one attached hydrogen (secondary N) is 3. The summed E-state index contributed by atoms with van der Waals surface area (Å²) in [6.07, 6.45) is 1.99.